The van der Waals surface area contributed by atoms with Crippen molar-refractivity contribution in [3.8, 4) is 5.75 Å². The summed E-state index contributed by atoms with van der Waals surface area (Å²) in [6.45, 7) is 3.76. The average molecular weight is 285 g/mol. The molecule has 106 valence electrons. The fourth-order valence-corrected chi connectivity index (χ4v) is 2.21. The molecule has 4 nitrogen and oxygen atoms in total. The molecule has 2 N–H and O–H groups in total. The molecule has 0 aliphatic carbocycles. The van der Waals surface area contributed by atoms with Gasteiger partial charge < -0.3 is 15.4 Å². The molecule has 0 saturated carbocycles. The number of anilines is 1. The van der Waals surface area contributed by atoms with Crippen LogP contribution in [0.4, 0.5) is 5.69 Å². The minimum atomic E-state index is -0.307. The van der Waals surface area contributed by atoms with Gasteiger partial charge in [-0.05, 0) is 50.6 Å². The van der Waals surface area contributed by atoms with E-state index in [4.69, 9.17) is 4.74 Å². The lowest BCUT2D eigenvalue weighted by Crippen LogP contribution is -2.46. The molecule has 19 heavy (non-hydrogen) atoms. The summed E-state index contributed by atoms with van der Waals surface area (Å²) in [5, 5.41) is 6.25. The maximum absolute atomic E-state index is 12.3. The zero-order valence-electron chi connectivity index (χ0n) is 11.4. The Bertz CT molecular complexity index is 414. The second-order valence-corrected chi connectivity index (χ2v) is 5.02. The van der Waals surface area contributed by atoms with Gasteiger partial charge in [0.2, 0.25) is 5.91 Å². The summed E-state index contributed by atoms with van der Waals surface area (Å²) in [5.41, 5.74) is 0.505. The van der Waals surface area contributed by atoms with Crippen molar-refractivity contribution in [2.24, 2.45) is 5.41 Å². The first-order valence-corrected chi connectivity index (χ1v) is 6.30. The van der Waals surface area contributed by atoms with Crippen molar-refractivity contribution in [2.45, 2.75) is 19.8 Å². The van der Waals surface area contributed by atoms with Gasteiger partial charge in [-0.2, -0.15) is 0 Å². The van der Waals surface area contributed by atoms with Gasteiger partial charge in [0.15, 0.2) is 0 Å². The predicted molar refractivity (Wildman–Crippen MR) is 79.1 cm³/mol. The van der Waals surface area contributed by atoms with E-state index in [-0.39, 0.29) is 23.7 Å². The van der Waals surface area contributed by atoms with Crippen LogP contribution in [0.5, 0.6) is 5.75 Å². The van der Waals surface area contributed by atoms with E-state index in [2.05, 4.69) is 10.6 Å². The van der Waals surface area contributed by atoms with Crippen LogP contribution in [0.25, 0.3) is 0 Å². The number of carbonyl (C=O) groups is 1. The van der Waals surface area contributed by atoms with Crippen molar-refractivity contribution in [3.63, 3.8) is 0 Å². The maximum Gasteiger partial charge on any atom is 0.231 e. The summed E-state index contributed by atoms with van der Waals surface area (Å²) in [6, 6.07) is 7.40. The van der Waals surface area contributed by atoms with Gasteiger partial charge in [0.25, 0.3) is 0 Å². The molecule has 1 amide bonds. The van der Waals surface area contributed by atoms with Crippen LogP contribution in [-0.2, 0) is 4.79 Å². The standard InChI is InChI=1S/C14H20N2O2.ClH/c1-14(8-3-9-15-10-14)13(17)16-11-4-6-12(18-2)7-5-11;/h4-7,15H,3,8-10H2,1-2H3,(H,16,17);1H. The van der Waals surface area contributed by atoms with Gasteiger partial charge in [-0.3, -0.25) is 4.79 Å². The highest BCUT2D eigenvalue weighted by Crippen LogP contribution is 2.27. The lowest BCUT2D eigenvalue weighted by Gasteiger charge is -2.32. The van der Waals surface area contributed by atoms with Gasteiger partial charge in [0.1, 0.15) is 5.75 Å². The van der Waals surface area contributed by atoms with Crippen LogP contribution in [0.1, 0.15) is 19.8 Å². The SMILES string of the molecule is COc1ccc(NC(=O)C2(C)CCCNC2)cc1.Cl. The van der Waals surface area contributed by atoms with Crippen LogP contribution >= 0.6 is 12.4 Å². The Balaban J connectivity index is 0.00000180. The van der Waals surface area contributed by atoms with E-state index in [1.165, 1.54) is 0 Å². The van der Waals surface area contributed by atoms with E-state index in [1.54, 1.807) is 7.11 Å². The van der Waals surface area contributed by atoms with Crippen LogP contribution < -0.4 is 15.4 Å². The first-order chi connectivity index (χ1) is 8.64. The monoisotopic (exact) mass is 284 g/mol. The van der Waals surface area contributed by atoms with Crippen LogP contribution in [0, 0.1) is 5.41 Å². The van der Waals surface area contributed by atoms with E-state index in [0.717, 1.165) is 37.4 Å². The molecule has 2 rings (SSSR count). The number of methoxy groups -OCH3 is 1. The second kappa shape index (κ2) is 6.78. The number of hydrogen-bond donors (Lipinski definition) is 2. The zero-order valence-corrected chi connectivity index (χ0v) is 12.2. The van der Waals surface area contributed by atoms with E-state index in [0.29, 0.717) is 0 Å². The summed E-state index contributed by atoms with van der Waals surface area (Å²) in [6.07, 6.45) is 1.98. The molecule has 1 fully saturated rings. The Labute approximate surface area is 120 Å². The maximum atomic E-state index is 12.3. The van der Waals surface area contributed by atoms with Crippen LogP contribution in [-0.4, -0.2) is 26.1 Å². The molecule has 1 aromatic carbocycles. The number of halogens is 1. The summed E-state index contributed by atoms with van der Waals surface area (Å²) in [4.78, 5) is 12.3. The van der Waals surface area contributed by atoms with Crippen LogP contribution in [0.15, 0.2) is 24.3 Å². The number of ether oxygens (including phenoxy) is 1. The molecule has 0 bridgehead atoms. The van der Waals surface area contributed by atoms with Gasteiger partial charge in [0, 0.05) is 12.2 Å². The Morgan fingerprint density at radius 3 is 2.58 bits per heavy atom. The summed E-state index contributed by atoms with van der Waals surface area (Å²) in [7, 11) is 1.63. The van der Waals surface area contributed by atoms with Gasteiger partial charge in [-0.25, -0.2) is 0 Å². The second-order valence-electron chi connectivity index (χ2n) is 5.02. The molecule has 1 aliphatic rings. The molecule has 1 saturated heterocycles. The van der Waals surface area contributed by atoms with Gasteiger partial charge >= 0.3 is 0 Å². The quantitative estimate of drug-likeness (QED) is 0.896. The molecular formula is C14H21ClN2O2. The van der Waals surface area contributed by atoms with E-state index in [1.807, 2.05) is 31.2 Å². The Kier molecular flexibility index (Phi) is 5.63. The van der Waals surface area contributed by atoms with E-state index >= 15 is 0 Å². The lowest BCUT2D eigenvalue weighted by molar-refractivity contribution is -0.125. The van der Waals surface area contributed by atoms with Gasteiger partial charge in [-0.15, -0.1) is 12.4 Å². The normalized spacial score (nSPS) is 22.2. The molecule has 0 spiro atoms. The molecule has 1 unspecified atom stereocenters. The highest BCUT2D eigenvalue weighted by molar-refractivity contribution is 5.95. The Morgan fingerprint density at radius 1 is 1.37 bits per heavy atom. The Morgan fingerprint density at radius 2 is 2.05 bits per heavy atom. The Hall–Kier alpha value is -1.26. The van der Waals surface area contributed by atoms with Crippen molar-refractivity contribution in [2.75, 3.05) is 25.5 Å². The smallest absolute Gasteiger partial charge is 0.231 e. The zero-order chi connectivity index (χ0) is 13.0. The number of nitrogens with one attached hydrogen (secondary N) is 2. The molecule has 1 aromatic rings. The summed E-state index contributed by atoms with van der Waals surface area (Å²) < 4.78 is 5.09. The van der Waals surface area contributed by atoms with Crippen molar-refractivity contribution in [1.82, 2.24) is 5.32 Å². The first-order valence-electron chi connectivity index (χ1n) is 6.30. The van der Waals surface area contributed by atoms with Crippen molar-refractivity contribution in [1.29, 1.82) is 0 Å². The molecule has 0 aromatic heterocycles. The number of carbonyl (C=O) groups excluding carboxylic acids is 1. The molecule has 0 radical (unpaired) electrons. The average Bonchev–Trinajstić information content (AvgIpc) is 2.40. The number of benzene rings is 1. The first kappa shape index (κ1) is 15.8. The van der Waals surface area contributed by atoms with Gasteiger partial charge in [-0.1, -0.05) is 0 Å². The minimum absolute atomic E-state index is 0. The van der Waals surface area contributed by atoms with Crippen LogP contribution in [0.2, 0.25) is 0 Å². The van der Waals surface area contributed by atoms with E-state index < -0.39 is 0 Å². The lowest BCUT2D eigenvalue weighted by atomic mass is 9.82. The highest BCUT2D eigenvalue weighted by Gasteiger charge is 2.34. The van der Waals surface area contributed by atoms with Crippen molar-refractivity contribution in [3.05, 3.63) is 24.3 Å². The molecule has 1 atom stereocenters. The molecule has 1 heterocycles. The molecule has 5 heteroatoms. The number of hydrogen-bond acceptors (Lipinski definition) is 3. The topological polar surface area (TPSA) is 50.4 Å². The van der Waals surface area contributed by atoms with Gasteiger partial charge in [0.05, 0.1) is 12.5 Å². The molecular weight excluding hydrogens is 264 g/mol. The third-order valence-electron chi connectivity index (χ3n) is 3.49. The minimum Gasteiger partial charge on any atom is -0.497 e. The van der Waals surface area contributed by atoms with Crippen molar-refractivity contribution >= 4 is 24.0 Å². The number of amides is 1. The fraction of sp³-hybridized carbons (Fsp3) is 0.500. The summed E-state index contributed by atoms with van der Waals surface area (Å²) in [5.74, 6) is 0.874. The van der Waals surface area contributed by atoms with Crippen molar-refractivity contribution < 1.29 is 9.53 Å². The highest BCUT2D eigenvalue weighted by atomic mass is 35.5. The third kappa shape index (κ3) is 3.85. The third-order valence-corrected chi connectivity index (χ3v) is 3.49. The predicted octanol–water partition coefficient (Wildman–Crippen LogP) is 2.45. The summed E-state index contributed by atoms with van der Waals surface area (Å²) >= 11 is 0. The fourth-order valence-electron chi connectivity index (χ4n) is 2.21. The number of rotatable bonds is 3. The molecule has 1 aliphatic heterocycles. The largest absolute Gasteiger partial charge is 0.497 e. The number of piperidine rings is 1. The van der Waals surface area contributed by atoms with E-state index in [9.17, 15) is 4.79 Å². The van der Waals surface area contributed by atoms with Crippen LogP contribution in [0.3, 0.4) is 0 Å².